The van der Waals surface area contributed by atoms with E-state index in [0.717, 1.165) is 25.7 Å². The molecule has 1 aromatic heterocycles. The predicted octanol–water partition coefficient (Wildman–Crippen LogP) is 3.85. The number of nitrogens with zero attached hydrogens (tertiary/aromatic N) is 1. The number of para-hydroxylation sites is 1. The maximum absolute atomic E-state index is 9.92. The van der Waals surface area contributed by atoms with Gasteiger partial charge in [0.15, 0.2) is 0 Å². The second-order valence-corrected chi connectivity index (χ2v) is 5.46. The minimum atomic E-state index is 0.243. The van der Waals surface area contributed by atoms with E-state index in [-0.39, 0.29) is 5.75 Å². The van der Waals surface area contributed by atoms with E-state index in [1.165, 1.54) is 0 Å². The minimum absolute atomic E-state index is 0.243. The standard InChI is InChI=1S/C14H11IN2O/c1-8-3-2-4-11-13(8)17-14(16-11)10-7-9(15)5-6-12(10)18/h2-7,18H,1H3,(H,16,17). The number of benzene rings is 2. The summed E-state index contributed by atoms with van der Waals surface area (Å²) in [4.78, 5) is 7.81. The minimum Gasteiger partial charge on any atom is -0.507 e. The van der Waals surface area contributed by atoms with Gasteiger partial charge in [0.2, 0.25) is 0 Å². The number of aromatic amines is 1. The molecule has 0 saturated carbocycles. The third-order valence-corrected chi connectivity index (χ3v) is 3.60. The van der Waals surface area contributed by atoms with Crippen molar-refractivity contribution in [2.75, 3.05) is 0 Å². The van der Waals surface area contributed by atoms with Gasteiger partial charge in [0, 0.05) is 3.57 Å². The second kappa shape index (κ2) is 4.28. The van der Waals surface area contributed by atoms with Crippen LogP contribution in [0, 0.1) is 10.5 Å². The van der Waals surface area contributed by atoms with Crippen LogP contribution in [0.5, 0.6) is 5.75 Å². The summed E-state index contributed by atoms with van der Waals surface area (Å²) in [5.74, 6) is 0.947. The van der Waals surface area contributed by atoms with Crippen molar-refractivity contribution in [3.63, 3.8) is 0 Å². The zero-order valence-corrected chi connectivity index (χ0v) is 11.9. The van der Waals surface area contributed by atoms with Crippen molar-refractivity contribution in [1.82, 2.24) is 9.97 Å². The Bertz CT molecular complexity index is 734. The molecule has 2 N–H and O–H groups in total. The fourth-order valence-corrected chi connectivity index (χ4v) is 2.49. The molecule has 90 valence electrons. The van der Waals surface area contributed by atoms with Crippen LogP contribution in [0.25, 0.3) is 22.4 Å². The van der Waals surface area contributed by atoms with Crippen LogP contribution in [0.4, 0.5) is 0 Å². The average molecular weight is 350 g/mol. The topological polar surface area (TPSA) is 48.9 Å². The van der Waals surface area contributed by atoms with Gasteiger partial charge in [-0.05, 0) is 59.3 Å². The molecule has 0 spiro atoms. The normalized spacial score (nSPS) is 11.0. The first-order valence-electron chi connectivity index (χ1n) is 5.59. The number of aromatic hydroxyl groups is 1. The summed E-state index contributed by atoms with van der Waals surface area (Å²) >= 11 is 2.22. The maximum atomic E-state index is 9.92. The van der Waals surface area contributed by atoms with Crippen LogP contribution in [0.2, 0.25) is 0 Å². The van der Waals surface area contributed by atoms with Crippen LogP contribution in [0.3, 0.4) is 0 Å². The lowest BCUT2D eigenvalue weighted by Crippen LogP contribution is -1.83. The van der Waals surface area contributed by atoms with Gasteiger partial charge in [-0.25, -0.2) is 4.98 Å². The van der Waals surface area contributed by atoms with Gasteiger partial charge >= 0.3 is 0 Å². The van der Waals surface area contributed by atoms with Crippen molar-refractivity contribution < 1.29 is 5.11 Å². The fraction of sp³-hybridized carbons (Fsp3) is 0.0714. The van der Waals surface area contributed by atoms with E-state index >= 15 is 0 Å². The van der Waals surface area contributed by atoms with Crippen molar-refractivity contribution in [2.45, 2.75) is 6.92 Å². The molecule has 0 saturated heterocycles. The summed E-state index contributed by atoms with van der Waals surface area (Å²) in [7, 11) is 0. The molecule has 0 aliphatic heterocycles. The van der Waals surface area contributed by atoms with Crippen LogP contribution in [0.1, 0.15) is 5.56 Å². The molecule has 2 aromatic carbocycles. The number of aromatic nitrogens is 2. The van der Waals surface area contributed by atoms with E-state index in [2.05, 4.69) is 32.6 Å². The summed E-state index contributed by atoms with van der Waals surface area (Å²) < 4.78 is 1.07. The van der Waals surface area contributed by atoms with E-state index in [0.29, 0.717) is 5.82 Å². The van der Waals surface area contributed by atoms with E-state index < -0.39 is 0 Å². The molecule has 0 radical (unpaired) electrons. The molecular weight excluding hydrogens is 339 g/mol. The molecule has 1 heterocycles. The quantitative estimate of drug-likeness (QED) is 0.655. The Morgan fingerprint density at radius 1 is 1.22 bits per heavy atom. The highest BCUT2D eigenvalue weighted by Gasteiger charge is 2.10. The maximum Gasteiger partial charge on any atom is 0.142 e. The Kier molecular flexibility index (Phi) is 2.74. The van der Waals surface area contributed by atoms with Crippen LogP contribution in [-0.2, 0) is 0 Å². The molecule has 18 heavy (non-hydrogen) atoms. The first kappa shape index (κ1) is 11.5. The number of hydrogen-bond donors (Lipinski definition) is 2. The Labute approximate surface area is 118 Å². The van der Waals surface area contributed by atoms with Gasteiger partial charge in [0.05, 0.1) is 16.6 Å². The number of H-pyrrole nitrogens is 1. The number of phenols is 1. The van der Waals surface area contributed by atoms with Crippen molar-refractivity contribution in [3.05, 3.63) is 45.5 Å². The number of fused-ring (bicyclic) bond motifs is 1. The lowest BCUT2D eigenvalue weighted by atomic mass is 10.2. The number of hydrogen-bond acceptors (Lipinski definition) is 2. The van der Waals surface area contributed by atoms with Gasteiger partial charge in [-0.3, -0.25) is 0 Å². The fourth-order valence-electron chi connectivity index (χ4n) is 2.00. The van der Waals surface area contributed by atoms with Crippen molar-refractivity contribution in [2.24, 2.45) is 0 Å². The second-order valence-electron chi connectivity index (χ2n) is 4.22. The number of phenolic OH excluding ortho intramolecular Hbond substituents is 1. The van der Waals surface area contributed by atoms with Crippen LogP contribution < -0.4 is 0 Å². The summed E-state index contributed by atoms with van der Waals surface area (Å²) in [6, 6.07) is 11.5. The zero-order chi connectivity index (χ0) is 12.7. The summed E-state index contributed by atoms with van der Waals surface area (Å²) in [6.07, 6.45) is 0. The molecule has 0 aliphatic rings. The van der Waals surface area contributed by atoms with Crippen LogP contribution in [0.15, 0.2) is 36.4 Å². The van der Waals surface area contributed by atoms with E-state index in [1.807, 2.05) is 37.3 Å². The Morgan fingerprint density at radius 3 is 2.83 bits per heavy atom. The average Bonchev–Trinajstić information content (AvgIpc) is 2.77. The molecule has 3 rings (SSSR count). The smallest absolute Gasteiger partial charge is 0.142 e. The van der Waals surface area contributed by atoms with Crippen molar-refractivity contribution in [1.29, 1.82) is 0 Å². The molecule has 3 nitrogen and oxygen atoms in total. The summed E-state index contributed by atoms with van der Waals surface area (Å²) in [5, 5.41) is 9.92. The van der Waals surface area contributed by atoms with Gasteiger partial charge in [-0.2, -0.15) is 0 Å². The summed E-state index contributed by atoms with van der Waals surface area (Å²) in [5.41, 5.74) is 3.80. The van der Waals surface area contributed by atoms with Gasteiger partial charge < -0.3 is 10.1 Å². The Balaban J connectivity index is 2.26. The largest absolute Gasteiger partial charge is 0.507 e. The van der Waals surface area contributed by atoms with Gasteiger partial charge in [-0.1, -0.05) is 12.1 Å². The molecule has 0 bridgehead atoms. The molecule has 0 fully saturated rings. The highest BCUT2D eigenvalue weighted by molar-refractivity contribution is 14.1. The first-order valence-corrected chi connectivity index (χ1v) is 6.67. The van der Waals surface area contributed by atoms with Gasteiger partial charge in [0.25, 0.3) is 0 Å². The zero-order valence-electron chi connectivity index (χ0n) is 9.74. The molecule has 0 aliphatic carbocycles. The number of nitrogens with one attached hydrogen (secondary N) is 1. The highest BCUT2D eigenvalue weighted by atomic mass is 127. The van der Waals surface area contributed by atoms with Crippen LogP contribution >= 0.6 is 22.6 Å². The molecular formula is C14H11IN2O. The highest BCUT2D eigenvalue weighted by Crippen LogP contribution is 2.30. The Hall–Kier alpha value is -1.56. The molecule has 0 amide bonds. The Morgan fingerprint density at radius 2 is 2.06 bits per heavy atom. The predicted molar refractivity (Wildman–Crippen MR) is 80.6 cm³/mol. The van der Waals surface area contributed by atoms with Crippen LogP contribution in [-0.4, -0.2) is 15.1 Å². The third-order valence-electron chi connectivity index (χ3n) is 2.93. The number of aryl methyl sites for hydroxylation is 1. The number of halogens is 1. The molecule has 4 heteroatoms. The molecule has 0 atom stereocenters. The van der Waals surface area contributed by atoms with Crippen molar-refractivity contribution in [3.8, 4) is 17.1 Å². The number of imidazole rings is 1. The van der Waals surface area contributed by atoms with E-state index in [9.17, 15) is 5.11 Å². The first-order chi connectivity index (χ1) is 8.65. The lowest BCUT2D eigenvalue weighted by Gasteiger charge is -2.01. The third kappa shape index (κ3) is 1.86. The lowest BCUT2D eigenvalue weighted by molar-refractivity contribution is 0.477. The monoisotopic (exact) mass is 350 g/mol. The number of rotatable bonds is 1. The molecule has 0 unspecified atom stereocenters. The SMILES string of the molecule is Cc1cccc2[nH]c(-c3cc(I)ccc3O)nc12. The van der Waals surface area contributed by atoms with E-state index in [1.54, 1.807) is 6.07 Å². The van der Waals surface area contributed by atoms with E-state index in [4.69, 9.17) is 0 Å². The van der Waals surface area contributed by atoms with Crippen molar-refractivity contribution >= 4 is 33.6 Å². The summed E-state index contributed by atoms with van der Waals surface area (Å²) in [6.45, 7) is 2.03. The molecule has 3 aromatic rings. The van der Waals surface area contributed by atoms with Gasteiger partial charge in [0.1, 0.15) is 11.6 Å². The van der Waals surface area contributed by atoms with Gasteiger partial charge in [-0.15, -0.1) is 0 Å².